The van der Waals surface area contributed by atoms with Crippen LogP contribution in [-0.4, -0.2) is 41.6 Å². The first-order chi connectivity index (χ1) is 11.8. The van der Waals surface area contributed by atoms with Crippen molar-refractivity contribution in [3.05, 3.63) is 35.9 Å². The van der Waals surface area contributed by atoms with Crippen molar-refractivity contribution in [3.8, 4) is 6.07 Å². The van der Waals surface area contributed by atoms with E-state index in [2.05, 4.69) is 42.3 Å². The summed E-state index contributed by atoms with van der Waals surface area (Å²) in [6, 6.07) is 12.4. The lowest BCUT2D eigenvalue weighted by molar-refractivity contribution is -0.134. The summed E-state index contributed by atoms with van der Waals surface area (Å²) in [5.74, 6) is 0.203. The highest BCUT2D eigenvalue weighted by atomic mass is 16.5. The molecule has 1 aliphatic carbocycles. The maximum absolute atomic E-state index is 12.6. The Kier molecular flexibility index (Phi) is 4.86. The molecule has 1 saturated heterocycles. The zero-order valence-electron chi connectivity index (χ0n) is 15.3. The van der Waals surface area contributed by atoms with Gasteiger partial charge in [0.25, 0.3) is 0 Å². The van der Waals surface area contributed by atoms with Crippen LogP contribution in [0.2, 0.25) is 0 Å². The second-order valence-electron chi connectivity index (χ2n) is 8.04. The van der Waals surface area contributed by atoms with Crippen LogP contribution in [0.15, 0.2) is 30.3 Å². The van der Waals surface area contributed by atoms with Gasteiger partial charge in [0.2, 0.25) is 5.91 Å². The predicted molar refractivity (Wildman–Crippen MR) is 95.7 cm³/mol. The van der Waals surface area contributed by atoms with E-state index in [1.54, 1.807) is 0 Å². The molecule has 1 aromatic rings. The van der Waals surface area contributed by atoms with Gasteiger partial charge in [0.05, 0.1) is 25.3 Å². The number of rotatable bonds is 5. The van der Waals surface area contributed by atoms with E-state index < -0.39 is 5.54 Å². The molecule has 5 heteroatoms. The van der Waals surface area contributed by atoms with Gasteiger partial charge in [-0.25, -0.2) is 0 Å². The second-order valence-corrected chi connectivity index (χ2v) is 8.04. The van der Waals surface area contributed by atoms with E-state index in [-0.39, 0.29) is 30.0 Å². The first-order valence-corrected chi connectivity index (χ1v) is 8.98. The number of carbonyl (C=O) groups is 1. The molecule has 2 aliphatic rings. The van der Waals surface area contributed by atoms with Crippen LogP contribution < -0.4 is 5.32 Å². The SMILES string of the molecule is CC1(C)CO[C@@H](c2ccccc2)CN1CC(=O)N[C@](C)(C#N)C1CC1. The standard InChI is InChI=1S/C20H27N3O2/c1-19(2)14-25-17(15-7-5-4-6-8-15)11-23(19)12-18(24)22-20(3,13-21)16-9-10-16/h4-8,16-17H,9-12,14H2,1-3H3,(H,22,24)/t17-,20-/m1/s1. The number of hydrogen-bond acceptors (Lipinski definition) is 4. The predicted octanol–water partition coefficient (Wildman–Crippen LogP) is 2.65. The summed E-state index contributed by atoms with van der Waals surface area (Å²) in [6.07, 6.45) is 2.00. The minimum Gasteiger partial charge on any atom is -0.370 e. The fraction of sp³-hybridized carbons (Fsp3) is 0.600. The zero-order chi connectivity index (χ0) is 18.1. The first-order valence-electron chi connectivity index (χ1n) is 8.98. The van der Waals surface area contributed by atoms with Crippen molar-refractivity contribution in [2.75, 3.05) is 19.7 Å². The lowest BCUT2D eigenvalue weighted by atomic mass is 9.96. The van der Waals surface area contributed by atoms with E-state index in [1.807, 2.05) is 25.1 Å². The summed E-state index contributed by atoms with van der Waals surface area (Å²) < 4.78 is 6.04. The average molecular weight is 341 g/mol. The molecule has 0 bridgehead atoms. The third-order valence-corrected chi connectivity index (χ3v) is 5.41. The summed E-state index contributed by atoms with van der Waals surface area (Å²) in [5, 5.41) is 12.4. The fourth-order valence-electron chi connectivity index (χ4n) is 3.43. The summed E-state index contributed by atoms with van der Waals surface area (Å²) in [5.41, 5.74) is 0.167. The molecule has 1 saturated carbocycles. The van der Waals surface area contributed by atoms with Gasteiger partial charge in [-0.1, -0.05) is 30.3 Å². The van der Waals surface area contributed by atoms with Crippen molar-refractivity contribution in [1.82, 2.24) is 10.2 Å². The molecular formula is C20H27N3O2. The van der Waals surface area contributed by atoms with Gasteiger partial charge >= 0.3 is 0 Å². The Morgan fingerprint density at radius 1 is 1.40 bits per heavy atom. The molecule has 2 fully saturated rings. The fourth-order valence-corrected chi connectivity index (χ4v) is 3.43. The number of benzene rings is 1. The molecule has 0 unspecified atom stereocenters. The maximum Gasteiger partial charge on any atom is 0.235 e. The molecule has 25 heavy (non-hydrogen) atoms. The van der Waals surface area contributed by atoms with Gasteiger partial charge in [-0.3, -0.25) is 9.69 Å². The molecule has 1 N–H and O–H groups in total. The quantitative estimate of drug-likeness (QED) is 0.894. The third kappa shape index (κ3) is 4.02. The zero-order valence-corrected chi connectivity index (χ0v) is 15.3. The highest BCUT2D eigenvalue weighted by Crippen LogP contribution is 2.39. The van der Waals surface area contributed by atoms with Crippen molar-refractivity contribution in [1.29, 1.82) is 5.26 Å². The molecule has 0 spiro atoms. The van der Waals surface area contributed by atoms with Gasteiger partial charge in [-0.05, 0) is 45.1 Å². The molecule has 2 atom stereocenters. The molecule has 1 aliphatic heterocycles. The number of ether oxygens (including phenoxy) is 1. The lowest BCUT2D eigenvalue weighted by Gasteiger charge is -2.45. The van der Waals surface area contributed by atoms with Crippen LogP contribution in [-0.2, 0) is 9.53 Å². The largest absolute Gasteiger partial charge is 0.370 e. The van der Waals surface area contributed by atoms with Crippen LogP contribution in [0.25, 0.3) is 0 Å². The van der Waals surface area contributed by atoms with Crippen molar-refractivity contribution in [2.45, 2.75) is 50.8 Å². The Morgan fingerprint density at radius 2 is 2.08 bits per heavy atom. The van der Waals surface area contributed by atoms with Crippen molar-refractivity contribution in [3.63, 3.8) is 0 Å². The Labute approximate surface area is 150 Å². The summed E-state index contributed by atoms with van der Waals surface area (Å²) in [7, 11) is 0. The number of morpholine rings is 1. The number of nitriles is 1. The number of nitrogens with one attached hydrogen (secondary N) is 1. The van der Waals surface area contributed by atoms with Crippen LogP contribution >= 0.6 is 0 Å². The van der Waals surface area contributed by atoms with Gasteiger partial charge in [-0.15, -0.1) is 0 Å². The lowest BCUT2D eigenvalue weighted by Crippen LogP contribution is -2.58. The van der Waals surface area contributed by atoms with Crippen LogP contribution in [0.3, 0.4) is 0 Å². The number of nitrogens with zero attached hydrogens (tertiary/aromatic N) is 2. The van der Waals surface area contributed by atoms with Gasteiger partial charge in [-0.2, -0.15) is 5.26 Å². The monoisotopic (exact) mass is 341 g/mol. The van der Waals surface area contributed by atoms with Crippen LogP contribution in [0.4, 0.5) is 0 Å². The van der Waals surface area contributed by atoms with Gasteiger partial charge in [0, 0.05) is 12.1 Å². The first kappa shape index (κ1) is 17.9. The van der Waals surface area contributed by atoms with Gasteiger partial charge < -0.3 is 10.1 Å². The van der Waals surface area contributed by atoms with E-state index >= 15 is 0 Å². The molecule has 1 heterocycles. The molecule has 5 nitrogen and oxygen atoms in total. The molecule has 134 valence electrons. The topological polar surface area (TPSA) is 65.4 Å². The Bertz CT molecular complexity index is 663. The number of carbonyl (C=O) groups excluding carboxylic acids is 1. The molecule has 0 radical (unpaired) electrons. The maximum atomic E-state index is 12.6. The average Bonchev–Trinajstić information content (AvgIpc) is 3.43. The molecule has 3 rings (SSSR count). The van der Waals surface area contributed by atoms with E-state index in [4.69, 9.17) is 4.74 Å². The summed E-state index contributed by atoms with van der Waals surface area (Å²) in [6.45, 7) is 7.52. The molecule has 1 aromatic carbocycles. The van der Waals surface area contributed by atoms with Gasteiger partial charge in [0.1, 0.15) is 5.54 Å². The highest BCUT2D eigenvalue weighted by Gasteiger charge is 2.44. The Balaban J connectivity index is 1.66. The normalized spacial score (nSPS) is 25.6. The Hall–Kier alpha value is -1.90. The number of amides is 1. The molecule has 1 amide bonds. The molecule has 0 aromatic heterocycles. The van der Waals surface area contributed by atoms with Crippen LogP contribution in [0.5, 0.6) is 0 Å². The van der Waals surface area contributed by atoms with Crippen LogP contribution in [0, 0.1) is 17.2 Å². The summed E-state index contributed by atoms with van der Waals surface area (Å²) in [4.78, 5) is 14.8. The highest BCUT2D eigenvalue weighted by molar-refractivity contribution is 5.79. The second kappa shape index (κ2) is 6.78. The minimum absolute atomic E-state index is 0.0344. The summed E-state index contributed by atoms with van der Waals surface area (Å²) >= 11 is 0. The smallest absolute Gasteiger partial charge is 0.235 e. The van der Waals surface area contributed by atoms with Crippen LogP contribution in [0.1, 0.15) is 45.3 Å². The van der Waals surface area contributed by atoms with Crippen molar-refractivity contribution >= 4 is 5.91 Å². The van der Waals surface area contributed by atoms with Crippen molar-refractivity contribution in [2.24, 2.45) is 5.92 Å². The van der Waals surface area contributed by atoms with E-state index in [0.29, 0.717) is 13.2 Å². The van der Waals surface area contributed by atoms with E-state index in [9.17, 15) is 10.1 Å². The minimum atomic E-state index is -0.744. The van der Waals surface area contributed by atoms with Crippen molar-refractivity contribution < 1.29 is 9.53 Å². The third-order valence-electron chi connectivity index (χ3n) is 5.41. The van der Waals surface area contributed by atoms with Gasteiger partial charge in [0.15, 0.2) is 0 Å². The van der Waals surface area contributed by atoms with E-state index in [0.717, 1.165) is 18.4 Å². The number of hydrogen-bond donors (Lipinski definition) is 1. The molecular weight excluding hydrogens is 314 g/mol. The Morgan fingerprint density at radius 3 is 2.68 bits per heavy atom. The van der Waals surface area contributed by atoms with E-state index in [1.165, 1.54) is 0 Å².